The fraction of sp³-hybridized carbons (Fsp3) is 0.312. The molecule has 9 nitrogen and oxygen atoms in total. The minimum atomic E-state index is -0.0627. The third kappa shape index (κ3) is 9.71. The minimum absolute atomic E-state index is 0.0627. The van der Waals surface area contributed by atoms with Crippen LogP contribution in [0, 0.1) is 6.92 Å². The van der Waals surface area contributed by atoms with Crippen LogP contribution in [0.5, 0.6) is 5.75 Å². The molecule has 0 radical (unpaired) electrons. The maximum Gasteiger partial charge on any atom is 0.237 e. The number of aryl methyl sites for hydroxylation is 1. The van der Waals surface area contributed by atoms with Crippen LogP contribution < -0.4 is 20.7 Å². The van der Waals surface area contributed by atoms with Crippen LogP contribution >= 0.6 is 11.6 Å². The SMILES string of the molecule is C=O.C=O.CNc1nn(Cc2cccc(CNC(=O)[C@@H]3CCCCN3)c2)c2cccc(OC)c12.Cc1cccc(Cl)c1. The van der Waals surface area contributed by atoms with Gasteiger partial charge in [0.25, 0.3) is 0 Å². The highest BCUT2D eigenvalue weighted by Gasteiger charge is 2.20. The number of carbonyl (C=O) groups excluding carboxylic acids is 3. The summed E-state index contributed by atoms with van der Waals surface area (Å²) >= 11 is 5.64. The largest absolute Gasteiger partial charge is 0.496 e. The van der Waals surface area contributed by atoms with Crippen LogP contribution in [0.25, 0.3) is 10.9 Å². The molecule has 0 saturated carbocycles. The lowest BCUT2D eigenvalue weighted by molar-refractivity contribution is -0.123. The second kappa shape index (κ2) is 18.3. The lowest BCUT2D eigenvalue weighted by Crippen LogP contribution is -2.46. The highest BCUT2D eigenvalue weighted by Crippen LogP contribution is 2.32. The minimum Gasteiger partial charge on any atom is -0.496 e. The zero-order chi connectivity index (χ0) is 30.9. The van der Waals surface area contributed by atoms with Crippen molar-refractivity contribution in [3.05, 3.63) is 88.4 Å². The van der Waals surface area contributed by atoms with Gasteiger partial charge in [0, 0.05) is 18.6 Å². The van der Waals surface area contributed by atoms with E-state index in [1.54, 1.807) is 7.11 Å². The van der Waals surface area contributed by atoms with Crippen molar-refractivity contribution < 1.29 is 19.1 Å². The molecular formula is C32H40ClN5O4. The summed E-state index contributed by atoms with van der Waals surface area (Å²) in [5.41, 5.74) is 4.44. The molecule has 1 aliphatic rings. The number of rotatable bonds is 7. The van der Waals surface area contributed by atoms with Crippen molar-refractivity contribution in [3.8, 4) is 5.75 Å². The standard InChI is InChI=1S/C23H29N5O2.C7H7Cl.2CH2O/c1-24-22-21-19(10-6-11-20(21)30-2)28(27-22)15-17-8-5-7-16(13-17)14-26-23(29)18-9-3-4-12-25-18;1-6-3-2-4-7(8)5-6;2*1-2/h5-8,10-11,13,18,25H,3-4,9,12,14-15H2,1-2H3,(H,24,27)(H,26,29);2-5H,1H3;2*1H2/t18-;;;/m0.../s1. The van der Waals surface area contributed by atoms with E-state index in [2.05, 4.69) is 28.1 Å². The number of methoxy groups -OCH3 is 1. The average molecular weight is 594 g/mol. The quantitative estimate of drug-likeness (QED) is 0.271. The number of carbonyl (C=O) groups is 3. The summed E-state index contributed by atoms with van der Waals surface area (Å²) < 4.78 is 7.50. The van der Waals surface area contributed by atoms with Crippen molar-refractivity contribution in [2.75, 3.05) is 26.0 Å². The maximum absolute atomic E-state index is 12.4. The molecule has 1 aromatic heterocycles. The molecule has 2 heterocycles. The summed E-state index contributed by atoms with van der Waals surface area (Å²) in [4.78, 5) is 28.4. The Morgan fingerprint density at radius 2 is 1.76 bits per heavy atom. The number of nitrogens with zero attached hydrogens (tertiary/aromatic N) is 2. The number of piperidine rings is 1. The van der Waals surface area contributed by atoms with Gasteiger partial charge in [-0.05, 0) is 67.3 Å². The van der Waals surface area contributed by atoms with E-state index in [-0.39, 0.29) is 11.9 Å². The van der Waals surface area contributed by atoms with E-state index in [1.165, 1.54) is 5.56 Å². The molecule has 5 rings (SSSR count). The fourth-order valence-corrected chi connectivity index (χ4v) is 4.91. The van der Waals surface area contributed by atoms with Gasteiger partial charge in [0.1, 0.15) is 19.3 Å². The molecule has 10 heteroatoms. The van der Waals surface area contributed by atoms with Gasteiger partial charge < -0.3 is 30.3 Å². The van der Waals surface area contributed by atoms with E-state index in [0.29, 0.717) is 13.1 Å². The summed E-state index contributed by atoms with van der Waals surface area (Å²) in [6, 6.07) is 22.0. The first kappa shape index (κ1) is 34.0. The van der Waals surface area contributed by atoms with Crippen LogP contribution in [0.3, 0.4) is 0 Å². The molecule has 4 aromatic rings. The summed E-state index contributed by atoms with van der Waals surface area (Å²) in [5, 5.41) is 16.0. The Morgan fingerprint density at radius 3 is 2.38 bits per heavy atom. The first-order valence-electron chi connectivity index (χ1n) is 13.6. The number of ether oxygens (including phenoxy) is 1. The van der Waals surface area contributed by atoms with Gasteiger partial charge in [-0.25, -0.2) is 0 Å². The molecule has 0 aliphatic carbocycles. The molecule has 1 amide bonds. The summed E-state index contributed by atoms with van der Waals surface area (Å²) in [6.45, 7) is 8.11. The molecule has 1 fully saturated rings. The van der Waals surface area contributed by atoms with Crippen molar-refractivity contribution in [1.29, 1.82) is 0 Å². The van der Waals surface area contributed by atoms with Crippen LogP contribution in [-0.2, 0) is 27.5 Å². The maximum atomic E-state index is 12.4. The number of fused-ring (bicyclic) bond motifs is 1. The number of anilines is 1. The Hall–Kier alpha value is -4.21. The summed E-state index contributed by atoms with van der Waals surface area (Å²) in [7, 11) is 3.54. The Morgan fingerprint density at radius 1 is 1.05 bits per heavy atom. The van der Waals surface area contributed by atoms with E-state index in [0.717, 1.165) is 64.4 Å². The Balaban J connectivity index is 0.000000435. The van der Waals surface area contributed by atoms with Crippen LogP contribution in [0.1, 0.15) is 36.0 Å². The lowest BCUT2D eigenvalue weighted by Gasteiger charge is -2.22. The van der Waals surface area contributed by atoms with Crippen molar-refractivity contribution in [1.82, 2.24) is 20.4 Å². The van der Waals surface area contributed by atoms with Gasteiger partial charge in [-0.2, -0.15) is 5.10 Å². The van der Waals surface area contributed by atoms with Gasteiger partial charge in [-0.1, -0.05) is 60.5 Å². The van der Waals surface area contributed by atoms with Gasteiger partial charge in [-0.3, -0.25) is 9.48 Å². The van der Waals surface area contributed by atoms with E-state index in [4.69, 9.17) is 31.0 Å². The van der Waals surface area contributed by atoms with E-state index in [1.807, 2.05) is 86.8 Å². The number of aromatic nitrogens is 2. The molecule has 1 aliphatic heterocycles. The third-order valence-electron chi connectivity index (χ3n) is 6.59. The third-order valence-corrected chi connectivity index (χ3v) is 6.83. The highest BCUT2D eigenvalue weighted by atomic mass is 35.5. The van der Waals surface area contributed by atoms with Gasteiger partial charge in [0.15, 0.2) is 5.82 Å². The summed E-state index contributed by atoms with van der Waals surface area (Å²) in [6.07, 6.45) is 3.17. The number of nitrogens with one attached hydrogen (secondary N) is 3. The monoisotopic (exact) mass is 593 g/mol. The smallest absolute Gasteiger partial charge is 0.237 e. The molecule has 1 saturated heterocycles. The van der Waals surface area contributed by atoms with Crippen LogP contribution in [-0.4, -0.2) is 56.0 Å². The lowest BCUT2D eigenvalue weighted by atomic mass is 10.0. The van der Waals surface area contributed by atoms with Crippen molar-refractivity contribution in [2.24, 2.45) is 0 Å². The van der Waals surface area contributed by atoms with Crippen molar-refractivity contribution in [2.45, 2.75) is 45.3 Å². The van der Waals surface area contributed by atoms with Gasteiger partial charge >= 0.3 is 0 Å². The number of benzene rings is 3. The van der Waals surface area contributed by atoms with E-state index < -0.39 is 0 Å². The molecule has 42 heavy (non-hydrogen) atoms. The second-order valence-corrected chi connectivity index (χ2v) is 9.89. The predicted molar refractivity (Wildman–Crippen MR) is 169 cm³/mol. The summed E-state index contributed by atoms with van der Waals surface area (Å²) in [5.74, 6) is 1.69. The zero-order valence-corrected chi connectivity index (χ0v) is 25.2. The predicted octanol–water partition coefficient (Wildman–Crippen LogP) is 5.17. The average Bonchev–Trinajstić information content (AvgIpc) is 3.40. The highest BCUT2D eigenvalue weighted by molar-refractivity contribution is 6.30. The van der Waals surface area contributed by atoms with Gasteiger partial charge in [0.2, 0.25) is 5.91 Å². The van der Waals surface area contributed by atoms with Crippen molar-refractivity contribution in [3.63, 3.8) is 0 Å². The number of amides is 1. The first-order chi connectivity index (χ1) is 20.5. The Bertz CT molecular complexity index is 1390. The van der Waals surface area contributed by atoms with Gasteiger partial charge in [-0.15, -0.1) is 0 Å². The topological polar surface area (TPSA) is 114 Å². The van der Waals surface area contributed by atoms with E-state index >= 15 is 0 Å². The number of hydrogen-bond acceptors (Lipinski definition) is 7. The fourth-order valence-electron chi connectivity index (χ4n) is 4.67. The normalized spacial score (nSPS) is 13.7. The number of halogens is 1. The molecule has 0 unspecified atom stereocenters. The van der Waals surface area contributed by atoms with Gasteiger partial charge in [0.05, 0.1) is 30.6 Å². The Kier molecular flexibility index (Phi) is 14.8. The second-order valence-electron chi connectivity index (χ2n) is 9.45. The van der Waals surface area contributed by atoms with Crippen LogP contribution in [0.2, 0.25) is 5.02 Å². The van der Waals surface area contributed by atoms with Crippen LogP contribution in [0.4, 0.5) is 5.82 Å². The molecule has 0 bridgehead atoms. The number of hydrogen-bond donors (Lipinski definition) is 3. The first-order valence-corrected chi connectivity index (χ1v) is 14.0. The van der Waals surface area contributed by atoms with Crippen molar-refractivity contribution >= 4 is 47.8 Å². The molecule has 1 atom stereocenters. The molecule has 0 spiro atoms. The van der Waals surface area contributed by atoms with Crippen LogP contribution in [0.15, 0.2) is 66.7 Å². The molecule has 3 N–H and O–H groups in total. The Labute approximate surface area is 252 Å². The zero-order valence-electron chi connectivity index (χ0n) is 24.5. The molecule has 224 valence electrons. The molecule has 3 aromatic carbocycles. The molecular weight excluding hydrogens is 554 g/mol. The van der Waals surface area contributed by atoms with E-state index in [9.17, 15) is 4.79 Å².